The third-order valence-corrected chi connectivity index (χ3v) is 6.53. The Balaban J connectivity index is 1.94. The van der Waals surface area contributed by atoms with Crippen LogP contribution in [-0.2, 0) is 17.8 Å². The summed E-state index contributed by atoms with van der Waals surface area (Å²) in [5, 5.41) is 3.45. The number of aryl methyl sites for hydroxylation is 1. The smallest absolute Gasteiger partial charge is 0.136 e. The number of rotatable bonds is 2. The van der Waals surface area contributed by atoms with E-state index in [1.54, 1.807) is 0 Å². The zero-order valence-corrected chi connectivity index (χ0v) is 14.8. The van der Waals surface area contributed by atoms with Crippen LogP contribution in [0.2, 0.25) is 0 Å². The van der Waals surface area contributed by atoms with E-state index >= 15 is 0 Å². The molecule has 3 rings (SSSR count). The van der Waals surface area contributed by atoms with Gasteiger partial charge in [0, 0.05) is 28.2 Å². The van der Waals surface area contributed by atoms with Gasteiger partial charge >= 0.3 is 0 Å². The number of piperidine rings is 1. The van der Waals surface area contributed by atoms with Crippen LogP contribution < -0.4 is 10.0 Å². The largest absolute Gasteiger partial charge is 0.598 e. The molecule has 1 fully saturated rings. The minimum atomic E-state index is -1.07. The molecular formula is C17H27N3OS. The van der Waals surface area contributed by atoms with Gasteiger partial charge in [-0.3, -0.25) is 4.98 Å². The van der Waals surface area contributed by atoms with E-state index in [0.29, 0.717) is 0 Å². The Morgan fingerprint density at radius 1 is 1.32 bits per heavy atom. The van der Waals surface area contributed by atoms with Gasteiger partial charge in [-0.1, -0.05) is 6.07 Å². The molecule has 0 saturated carbocycles. The van der Waals surface area contributed by atoms with Crippen molar-refractivity contribution >= 4 is 11.4 Å². The second-order valence-electron chi connectivity index (χ2n) is 7.71. The lowest BCUT2D eigenvalue weighted by atomic mass is 9.74. The number of aromatic nitrogens is 1. The van der Waals surface area contributed by atoms with Crippen LogP contribution in [0.1, 0.15) is 56.6 Å². The quantitative estimate of drug-likeness (QED) is 0.821. The first-order valence-electron chi connectivity index (χ1n) is 8.17. The maximum Gasteiger partial charge on any atom is 0.136 e. The first-order chi connectivity index (χ1) is 10.3. The first-order valence-corrected chi connectivity index (χ1v) is 9.32. The van der Waals surface area contributed by atoms with Gasteiger partial charge in [-0.15, -0.1) is 4.72 Å². The van der Waals surface area contributed by atoms with Crippen LogP contribution in [0.4, 0.5) is 0 Å². The van der Waals surface area contributed by atoms with Crippen molar-refractivity contribution < 1.29 is 4.55 Å². The van der Waals surface area contributed by atoms with Crippen molar-refractivity contribution in [2.45, 2.75) is 57.7 Å². The molecule has 2 aliphatic rings. The molecule has 2 unspecified atom stereocenters. The molecule has 4 nitrogen and oxygen atoms in total. The fourth-order valence-electron chi connectivity index (χ4n) is 3.65. The summed E-state index contributed by atoms with van der Waals surface area (Å²) in [6.07, 6.45) is 3.23. The Morgan fingerprint density at radius 2 is 2.00 bits per heavy atom. The number of nitrogens with zero attached hydrogens (tertiary/aromatic N) is 1. The Hall–Kier alpha value is -0.620. The van der Waals surface area contributed by atoms with Gasteiger partial charge in [0.15, 0.2) is 0 Å². The molecule has 1 aliphatic carbocycles. The Labute approximate surface area is 136 Å². The monoisotopic (exact) mass is 321 g/mol. The van der Waals surface area contributed by atoms with E-state index in [1.165, 1.54) is 11.3 Å². The van der Waals surface area contributed by atoms with Crippen LogP contribution in [-0.4, -0.2) is 27.4 Å². The molecule has 1 aliphatic heterocycles. The van der Waals surface area contributed by atoms with Crippen LogP contribution in [0.15, 0.2) is 12.1 Å². The third kappa shape index (κ3) is 2.92. The molecule has 1 aromatic heterocycles. The van der Waals surface area contributed by atoms with Crippen LogP contribution in [0, 0.1) is 12.3 Å². The lowest BCUT2D eigenvalue weighted by molar-refractivity contribution is 0.163. The molecule has 0 amide bonds. The Morgan fingerprint density at radius 3 is 2.64 bits per heavy atom. The lowest BCUT2D eigenvalue weighted by Crippen LogP contribution is -2.48. The molecular weight excluding hydrogens is 294 g/mol. The number of pyridine rings is 1. The van der Waals surface area contributed by atoms with Gasteiger partial charge in [0.2, 0.25) is 0 Å². The molecule has 2 N–H and O–H groups in total. The summed E-state index contributed by atoms with van der Waals surface area (Å²) in [4.78, 5) is 4.76. The molecule has 22 heavy (non-hydrogen) atoms. The van der Waals surface area contributed by atoms with Gasteiger partial charge in [0.05, 0.1) is 6.04 Å². The van der Waals surface area contributed by atoms with E-state index in [2.05, 4.69) is 22.2 Å². The molecule has 1 aromatic rings. The summed E-state index contributed by atoms with van der Waals surface area (Å²) in [6.45, 7) is 10.2. The molecule has 5 heteroatoms. The fourth-order valence-corrected chi connectivity index (χ4v) is 4.60. The van der Waals surface area contributed by atoms with E-state index in [0.717, 1.165) is 38.0 Å². The van der Waals surface area contributed by atoms with Gasteiger partial charge in [0.25, 0.3) is 0 Å². The van der Waals surface area contributed by atoms with E-state index < -0.39 is 11.4 Å². The second kappa shape index (κ2) is 5.78. The average molecular weight is 321 g/mol. The summed E-state index contributed by atoms with van der Waals surface area (Å²) >= 11 is -1.07. The molecule has 2 atom stereocenters. The lowest BCUT2D eigenvalue weighted by Gasteiger charge is -2.40. The first kappa shape index (κ1) is 16.2. The summed E-state index contributed by atoms with van der Waals surface area (Å²) in [5.41, 5.74) is 3.69. The highest BCUT2D eigenvalue weighted by Crippen LogP contribution is 2.51. The SMILES string of the molecule is Cc1ccc2c(n1)CC1(CCNCC1)C2N[S+]([O-])C(C)(C)C. The molecule has 0 bridgehead atoms. The number of hydrogen-bond donors (Lipinski definition) is 2. The van der Waals surface area contributed by atoms with Crippen molar-refractivity contribution in [3.05, 3.63) is 29.1 Å². The van der Waals surface area contributed by atoms with Crippen LogP contribution in [0.3, 0.4) is 0 Å². The minimum absolute atomic E-state index is 0.151. The van der Waals surface area contributed by atoms with Gasteiger partial charge in [-0.05, 0) is 71.7 Å². The highest BCUT2D eigenvalue weighted by atomic mass is 32.2. The molecule has 2 heterocycles. The van der Waals surface area contributed by atoms with E-state index in [9.17, 15) is 4.55 Å². The van der Waals surface area contributed by atoms with E-state index in [-0.39, 0.29) is 16.2 Å². The van der Waals surface area contributed by atoms with E-state index in [4.69, 9.17) is 4.98 Å². The molecule has 0 radical (unpaired) electrons. The molecule has 0 aromatic carbocycles. The van der Waals surface area contributed by atoms with Gasteiger partial charge in [-0.25, -0.2) is 0 Å². The summed E-state index contributed by atoms with van der Waals surface area (Å²) in [5.74, 6) is 0. The maximum absolute atomic E-state index is 12.7. The minimum Gasteiger partial charge on any atom is -0.598 e. The van der Waals surface area contributed by atoms with Crippen molar-refractivity contribution in [1.29, 1.82) is 0 Å². The topological polar surface area (TPSA) is 60.0 Å². The number of fused-ring (bicyclic) bond motifs is 1. The highest BCUT2D eigenvalue weighted by molar-refractivity contribution is 7.90. The molecule has 122 valence electrons. The zero-order valence-electron chi connectivity index (χ0n) is 14.0. The number of nitrogens with one attached hydrogen (secondary N) is 2. The van der Waals surface area contributed by atoms with Gasteiger partial charge < -0.3 is 9.87 Å². The van der Waals surface area contributed by atoms with Crippen LogP contribution >= 0.6 is 0 Å². The summed E-state index contributed by atoms with van der Waals surface area (Å²) in [6, 6.07) is 4.41. The van der Waals surface area contributed by atoms with Crippen LogP contribution in [0.5, 0.6) is 0 Å². The third-order valence-electron chi connectivity index (χ3n) is 4.97. The highest BCUT2D eigenvalue weighted by Gasteiger charge is 2.50. The number of hydrogen-bond acceptors (Lipinski definition) is 4. The Bertz CT molecular complexity index is 549. The Kier molecular flexibility index (Phi) is 4.27. The standard InChI is InChI=1S/C17H27N3OS/c1-12-5-6-13-14(19-12)11-17(7-9-18-10-8-17)15(13)20-22(21)16(2,3)4/h5-6,15,18,20H,7-11H2,1-4H3. The van der Waals surface area contributed by atoms with Crippen molar-refractivity contribution in [3.8, 4) is 0 Å². The maximum atomic E-state index is 12.7. The zero-order chi connectivity index (χ0) is 16.0. The molecule has 1 saturated heterocycles. The van der Waals surface area contributed by atoms with Crippen molar-refractivity contribution in [1.82, 2.24) is 15.0 Å². The summed E-state index contributed by atoms with van der Waals surface area (Å²) in [7, 11) is 0. The van der Waals surface area contributed by atoms with Gasteiger partial charge in [-0.2, -0.15) is 0 Å². The van der Waals surface area contributed by atoms with Gasteiger partial charge in [0.1, 0.15) is 4.75 Å². The van der Waals surface area contributed by atoms with Crippen LogP contribution in [0.25, 0.3) is 0 Å². The average Bonchev–Trinajstić information content (AvgIpc) is 2.71. The second-order valence-corrected chi connectivity index (χ2v) is 9.71. The molecule has 1 spiro atoms. The predicted octanol–water partition coefficient (Wildman–Crippen LogP) is 2.41. The normalized spacial score (nSPS) is 25.2. The summed E-state index contributed by atoms with van der Waals surface area (Å²) < 4.78 is 15.9. The van der Waals surface area contributed by atoms with Crippen molar-refractivity contribution in [2.24, 2.45) is 5.41 Å². The predicted molar refractivity (Wildman–Crippen MR) is 91.0 cm³/mol. The van der Waals surface area contributed by atoms with Crippen molar-refractivity contribution in [2.75, 3.05) is 13.1 Å². The van der Waals surface area contributed by atoms with Crippen molar-refractivity contribution in [3.63, 3.8) is 0 Å². The van der Waals surface area contributed by atoms with E-state index in [1.807, 2.05) is 27.7 Å². The fraction of sp³-hybridized carbons (Fsp3) is 0.706.